The molecule has 0 unspecified atom stereocenters. The van der Waals surface area contributed by atoms with Crippen LogP contribution >= 0.6 is 0 Å². The van der Waals surface area contributed by atoms with Crippen LogP contribution in [0.4, 0.5) is 0 Å². The van der Waals surface area contributed by atoms with Gasteiger partial charge in [0.15, 0.2) is 0 Å². The molecule has 1 aliphatic carbocycles. The van der Waals surface area contributed by atoms with Crippen LogP contribution in [0.5, 0.6) is 5.75 Å². The molecule has 4 aromatic rings. The van der Waals surface area contributed by atoms with E-state index in [1.165, 1.54) is 44.4 Å². The molecule has 0 fully saturated rings. The first-order valence-corrected chi connectivity index (χ1v) is 13.3. The monoisotopic (exact) mass is 478 g/mol. The SMILES string of the molecule is C/C=C1\c2ccc(OCCN(CC)CC)cc2C(C)(C)c2c1c1ccccc1n2Cc1ccccc1. The van der Waals surface area contributed by atoms with Gasteiger partial charge in [-0.05, 0) is 60.5 Å². The van der Waals surface area contributed by atoms with Gasteiger partial charge in [0.25, 0.3) is 0 Å². The number of aromatic nitrogens is 1. The van der Waals surface area contributed by atoms with E-state index in [0.717, 1.165) is 31.9 Å². The van der Waals surface area contributed by atoms with Crippen molar-refractivity contribution in [3.63, 3.8) is 0 Å². The van der Waals surface area contributed by atoms with Crippen molar-refractivity contribution in [3.8, 4) is 5.75 Å². The molecule has 3 nitrogen and oxygen atoms in total. The van der Waals surface area contributed by atoms with Crippen LogP contribution in [0.2, 0.25) is 0 Å². The van der Waals surface area contributed by atoms with Gasteiger partial charge in [-0.1, -0.05) is 88.4 Å². The third-order valence-corrected chi connectivity index (χ3v) is 7.83. The number of likely N-dealkylation sites (N-methyl/N-ethyl adjacent to an activating group) is 1. The Hall–Kier alpha value is -3.30. The summed E-state index contributed by atoms with van der Waals surface area (Å²) in [4.78, 5) is 2.40. The van der Waals surface area contributed by atoms with Gasteiger partial charge in [-0.15, -0.1) is 0 Å². The highest BCUT2D eigenvalue weighted by molar-refractivity contribution is 6.02. The summed E-state index contributed by atoms with van der Waals surface area (Å²) in [5.74, 6) is 0.957. The zero-order valence-electron chi connectivity index (χ0n) is 22.3. The topological polar surface area (TPSA) is 17.4 Å². The van der Waals surface area contributed by atoms with Crippen LogP contribution in [-0.4, -0.2) is 35.7 Å². The summed E-state index contributed by atoms with van der Waals surface area (Å²) in [6.07, 6.45) is 2.28. The molecule has 186 valence electrons. The van der Waals surface area contributed by atoms with Crippen molar-refractivity contribution in [1.29, 1.82) is 0 Å². The van der Waals surface area contributed by atoms with E-state index in [1.807, 2.05) is 0 Å². The summed E-state index contributed by atoms with van der Waals surface area (Å²) < 4.78 is 8.82. The number of hydrogen-bond donors (Lipinski definition) is 0. The Bertz CT molecular complexity index is 1390. The van der Waals surface area contributed by atoms with E-state index in [1.54, 1.807) is 0 Å². The van der Waals surface area contributed by atoms with Crippen LogP contribution in [-0.2, 0) is 12.0 Å². The average molecular weight is 479 g/mol. The second kappa shape index (κ2) is 9.99. The van der Waals surface area contributed by atoms with Crippen molar-refractivity contribution in [2.75, 3.05) is 26.2 Å². The first-order chi connectivity index (χ1) is 17.5. The van der Waals surface area contributed by atoms with Crippen LogP contribution in [0.25, 0.3) is 16.5 Å². The van der Waals surface area contributed by atoms with Gasteiger partial charge in [0.1, 0.15) is 12.4 Å². The fraction of sp³-hybridized carbons (Fsp3) is 0.333. The van der Waals surface area contributed by atoms with E-state index in [-0.39, 0.29) is 5.41 Å². The van der Waals surface area contributed by atoms with E-state index >= 15 is 0 Å². The maximum atomic E-state index is 6.27. The van der Waals surface area contributed by atoms with E-state index in [0.29, 0.717) is 6.61 Å². The van der Waals surface area contributed by atoms with Crippen LogP contribution in [0.3, 0.4) is 0 Å². The molecule has 0 amide bonds. The van der Waals surface area contributed by atoms with Gasteiger partial charge < -0.3 is 14.2 Å². The third-order valence-electron chi connectivity index (χ3n) is 7.83. The Labute approximate surface area is 216 Å². The molecule has 0 atom stereocenters. The lowest BCUT2D eigenvalue weighted by Gasteiger charge is -2.36. The van der Waals surface area contributed by atoms with Gasteiger partial charge in [-0.2, -0.15) is 0 Å². The average Bonchev–Trinajstić information content (AvgIpc) is 3.23. The van der Waals surface area contributed by atoms with Gasteiger partial charge in [-0.25, -0.2) is 0 Å². The highest BCUT2D eigenvalue weighted by Gasteiger charge is 2.39. The fourth-order valence-corrected chi connectivity index (χ4v) is 5.92. The van der Waals surface area contributed by atoms with Crippen LogP contribution in [0.15, 0.2) is 78.9 Å². The molecule has 0 bridgehead atoms. The number of para-hydroxylation sites is 1. The molecular weight excluding hydrogens is 440 g/mol. The molecule has 0 N–H and O–H groups in total. The molecule has 36 heavy (non-hydrogen) atoms. The largest absolute Gasteiger partial charge is 0.492 e. The highest BCUT2D eigenvalue weighted by atomic mass is 16.5. The van der Waals surface area contributed by atoms with E-state index < -0.39 is 0 Å². The first kappa shape index (κ1) is 24.4. The van der Waals surface area contributed by atoms with Crippen molar-refractivity contribution in [2.45, 2.75) is 46.6 Å². The number of ether oxygens (including phenoxy) is 1. The number of allylic oxidation sites excluding steroid dienone is 1. The minimum atomic E-state index is -0.177. The first-order valence-electron chi connectivity index (χ1n) is 13.3. The van der Waals surface area contributed by atoms with E-state index in [4.69, 9.17) is 4.74 Å². The zero-order chi connectivity index (χ0) is 25.3. The maximum absolute atomic E-state index is 6.27. The Morgan fingerprint density at radius 1 is 0.917 bits per heavy atom. The summed E-state index contributed by atoms with van der Waals surface area (Å²) in [5.41, 5.74) is 9.15. The summed E-state index contributed by atoms with van der Waals surface area (Å²) in [6.45, 7) is 15.9. The number of fused-ring (bicyclic) bond motifs is 4. The summed E-state index contributed by atoms with van der Waals surface area (Å²) in [6, 6.07) is 26.4. The van der Waals surface area contributed by atoms with Gasteiger partial charge >= 0.3 is 0 Å². The smallest absolute Gasteiger partial charge is 0.119 e. The predicted molar refractivity (Wildman–Crippen MR) is 152 cm³/mol. The van der Waals surface area contributed by atoms with Crippen molar-refractivity contribution in [3.05, 3.63) is 107 Å². The Morgan fingerprint density at radius 2 is 1.64 bits per heavy atom. The molecule has 0 radical (unpaired) electrons. The number of benzene rings is 3. The Kier molecular flexibility index (Phi) is 6.77. The lowest BCUT2D eigenvalue weighted by atomic mass is 9.69. The lowest BCUT2D eigenvalue weighted by Crippen LogP contribution is -2.30. The second-order valence-electron chi connectivity index (χ2n) is 10.2. The molecular formula is C33H38N2O. The zero-order valence-corrected chi connectivity index (χ0v) is 22.3. The Balaban J connectivity index is 1.62. The molecule has 3 heteroatoms. The van der Waals surface area contributed by atoms with E-state index in [9.17, 15) is 0 Å². The van der Waals surface area contributed by atoms with Gasteiger partial charge in [-0.3, -0.25) is 0 Å². The minimum Gasteiger partial charge on any atom is -0.492 e. The number of nitrogens with zero attached hydrogens (tertiary/aromatic N) is 2. The van der Waals surface area contributed by atoms with Crippen molar-refractivity contribution in [1.82, 2.24) is 9.47 Å². The molecule has 3 aromatic carbocycles. The molecule has 5 rings (SSSR count). The molecule has 1 heterocycles. The Morgan fingerprint density at radius 3 is 2.36 bits per heavy atom. The fourth-order valence-electron chi connectivity index (χ4n) is 5.92. The lowest BCUT2D eigenvalue weighted by molar-refractivity contribution is 0.222. The summed E-state index contributed by atoms with van der Waals surface area (Å²) in [5, 5.41) is 1.33. The quantitative estimate of drug-likeness (QED) is 0.261. The maximum Gasteiger partial charge on any atom is 0.119 e. The van der Waals surface area contributed by atoms with Gasteiger partial charge in [0.2, 0.25) is 0 Å². The van der Waals surface area contributed by atoms with Crippen molar-refractivity contribution < 1.29 is 4.74 Å². The van der Waals surface area contributed by atoms with Gasteiger partial charge in [0.05, 0.1) is 0 Å². The standard InChI is InChI=1S/C33H38N2O/c1-6-26-27-19-18-25(36-21-20-34(7-2)8-3)22-29(27)33(4,5)32-31(26)28-16-12-13-17-30(28)35(32)23-24-14-10-9-11-15-24/h6,9-19,22H,7-8,20-21,23H2,1-5H3/b26-6+. The van der Waals surface area contributed by atoms with Crippen molar-refractivity contribution >= 4 is 16.5 Å². The minimum absolute atomic E-state index is 0.177. The number of hydrogen-bond acceptors (Lipinski definition) is 2. The van der Waals surface area contributed by atoms with Crippen molar-refractivity contribution in [2.24, 2.45) is 0 Å². The van der Waals surface area contributed by atoms with Crippen LogP contribution < -0.4 is 4.74 Å². The molecule has 0 spiro atoms. The molecule has 1 aromatic heterocycles. The van der Waals surface area contributed by atoms with Crippen LogP contribution in [0, 0.1) is 0 Å². The summed E-state index contributed by atoms with van der Waals surface area (Å²) >= 11 is 0. The molecule has 0 saturated carbocycles. The summed E-state index contributed by atoms with van der Waals surface area (Å²) in [7, 11) is 0. The highest BCUT2D eigenvalue weighted by Crippen LogP contribution is 2.51. The number of rotatable bonds is 8. The second-order valence-corrected chi connectivity index (χ2v) is 10.2. The molecule has 1 aliphatic rings. The normalized spacial score (nSPS) is 15.3. The van der Waals surface area contributed by atoms with Gasteiger partial charge in [0, 0.05) is 40.7 Å². The molecule has 0 saturated heterocycles. The van der Waals surface area contributed by atoms with Crippen LogP contribution in [0.1, 0.15) is 62.6 Å². The van der Waals surface area contributed by atoms with E-state index in [2.05, 4.69) is 123 Å². The molecule has 0 aliphatic heterocycles. The predicted octanol–water partition coefficient (Wildman–Crippen LogP) is 7.50. The third kappa shape index (κ3) is 4.16.